The molecule has 2 rings (SSSR count). The van der Waals surface area contributed by atoms with Crippen LogP contribution in [0.2, 0.25) is 5.02 Å². The third-order valence-corrected chi connectivity index (χ3v) is 3.25. The Hall–Kier alpha value is -1.45. The third-order valence-electron chi connectivity index (χ3n) is 2.85. The van der Waals surface area contributed by atoms with Crippen LogP contribution in [0.1, 0.15) is 22.9 Å². The molecule has 0 bridgehead atoms. The van der Waals surface area contributed by atoms with Crippen molar-refractivity contribution in [3.63, 3.8) is 0 Å². The van der Waals surface area contributed by atoms with Crippen LogP contribution in [0.4, 0.5) is 4.39 Å². The first-order valence-corrected chi connectivity index (χ1v) is 6.05. The summed E-state index contributed by atoms with van der Waals surface area (Å²) in [4.78, 5) is 4.25. The number of hydrogen-bond acceptors (Lipinski definition) is 2. The van der Waals surface area contributed by atoms with Gasteiger partial charge >= 0.3 is 0 Å². The van der Waals surface area contributed by atoms with E-state index in [1.54, 1.807) is 12.3 Å². The van der Waals surface area contributed by atoms with Crippen LogP contribution in [0.5, 0.6) is 0 Å². The first-order valence-electron chi connectivity index (χ1n) is 5.67. The fraction of sp³-hybridized carbons (Fsp3) is 0.214. The Morgan fingerprint density at radius 1 is 1.28 bits per heavy atom. The van der Waals surface area contributed by atoms with Crippen molar-refractivity contribution < 1.29 is 4.39 Å². The minimum Gasteiger partial charge on any atom is -0.309 e. The summed E-state index contributed by atoms with van der Waals surface area (Å²) in [5.74, 6) is -0.408. The van der Waals surface area contributed by atoms with Crippen molar-refractivity contribution in [1.82, 2.24) is 10.3 Å². The SMILES string of the molecule is CNC(c1ccc(C)nc1)c1cccc(F)c1Cl. The zero-order valence-electron chi connectivity index (χ0n) is 10.2. The standard InChI is InChI=1S/C14H14ClFN2/c1-9-6-7-10(8-18-9)14(17-2)11-4-3-5-12(16)13(11)15/h3-8,14,17H,1-2H3. The zero-order valence-corrected chi connectivity index (χ0v) is 11.0. The van der Waals surface area contributed by atoms with Crippen LogP contribution in [-0.4, -0.2) is 12.0 Å². The molecular weight excluding hydrogens is 251 g/mol. The van der Waals surface area contributed by atoms with Gasteiger partial charge in [0.05, 0.1) is 11.1 Å². The summed E-state index contributed by atoms with van der Waals surface area (Å²) in [6.45, 7) is 1.92. The first kappa shape index (κ1) is 13.0. The Morgan fingerprint density at radius 3 is 2.67 bits per heavy atom. The van der Waals surface area contributed by atoms with Gasteiger partial charge in [-0.1, -0.05) is 29.8 Å². The maximum absolute atomic E-state index is 13.5. The average Bonchev–Trinajstić information content (AvgIpc) is 2.37. The van der Waals surface area contributed by atoms with E-state index < -0.39 is 5.82 Å². The number of aryl methyl sites for hydroxylation is 1. The van der Waals surface area contributed by atoms with Crippen LogP contribution in [-0.2, 0) is 0 Å². The van der Waals surface area contributed by atoms with Gasteiger partial charge in [-0.05, 0) is 37.2 Å². The second kappa shape index (κ2) is 5.46. The molecule has 1 atom stereocenters. The highest BCUT2D eigenvalue weighted by molar-refractivity contribution is 6.31. The molecule has 0 amide bonds. The molecule has 1 heterocycles. The number of pyridine rings is 1. The van der Waals surface area contributed by atoms with Crippen LogP contribution < -0.4 is 5.32 Å². The molecule has 0 saturated heterocycles. The van der Waals surface area contributed by atoms with Crippen molar-refractivity contribution in [2.45, 2.75) is 13.0 Å². The van der Waals surface area contributed by atoms with E-state index in [0.717, 1.165) is 11.3 Å². The van der Waals surface area contributed by atoms with E-state index in [4.69, 9.17) is 11.6 Å². The molecule has 1 aromatic heterocycles. The highest BCUT2D eigenvalue weighted by atomic mass is 35.5. The van der Waals surface area contributed by atoms with Gasteiger partial charge in [0, 0.05) is 11.9 Å². The Bertz CT molecular complexity index is 540. The molecule has 0 aliphatic rings. The van der Waals surface area contributed by atoms with Crippen LogP contribution in [0.15, 0.2) is 36.5 Å². The van der Waals surface area contributed by atoms with Gasteiger partial charge in [0.2, 0.25) is 0 Å². The molecule has 94 valence electrons. The molecule has 1 unspecified atom stereocenters. The fourth-order valence-electron chi connectivity index (χ4n) is 1.90. The lowest BCUT2D eigenvalue weighted by atomic mass is 10.00. The van der Waals surface area contributed by atoms with Gasteiger partial charge in [0.25, 0.3) is 0 Å². The van der Waals surface area contributed by atoms with E-state index in [2.05, 4.69) is 10.3 Å². The molecular formula is C14H14ClFN2. The average molecular weight is 265 g/mol. The van der Waals surface area contributed by atoms with Crippen molar-refractivity contribution in [3.8, 4) is 0 Å². The Labute approximate surface area is 111 Å². The van der Waals surface area contributed by atoms with Gasteiger partial charge in [-0.3, -0.25) is 4.98 Å². The van der Waals surface area contributed by atoms with Gasteiger partial charge in [-0.15, -0.1) is 0 Å². The van der Waals surface area contributed by atoms with Gasteiger partial charge in [-0.2, -0.15) is 0 Å². The number of nitrogens with one attached hydrogen (secondary N) is 1. The van der Waals surface area contributed by atoms with E-state index in [-0.39, 0.29) is 11.1 Å². The second-order valence-corrected chi connectivity index (χ2v) is 4.48. The maximum atomic E-state index is 13.5. The largest absolute Gasteiger partial charge is 0.309 e. The molecule has 0 radical (unpaired) electrons. The number of aromatic nitrogens is 1. The van der Waals surface area contributed by atoms with E-state index in [1.807, 2.05) is 32.2 Å². The van der Waals surface area contributed by atoms with Crippen molar-refractivity contribution in [2.24, 2.45) is 0 Å². The topological polar surface area (TPSA) is 24.9 Å². The minimum atomic E-state index is -0.408. The third kappa shape index (κ3) is 2.52. The van der Waals surface area contributed by atoms with E-state index in [1.165, 1.54) is 6.07 Å². The Balaban J connectivity index is 2.45. The van der Waals surface area contributed by atoms with Gasteiger partial charge in [-0.25, -0.2) is 4.39 Å². The number of halogens is 2. The molecule has 0 aliphatic heterocycles. The van der Waals surface area contributed by atoms with Crippen LogP contribution in [0, 0.1) is 12.7 Å². The smallest absolute Gasteiger partial charge is 0.142 e. The molecule has 1 aromatic carbocycles. The quantitative estimate of drug-likeness (QED) is 0.918. The maximum Gasteiger partial charge on any atom is 0.142 e. The summed E-state index contributed by atoms with van der Waals surface area (Å²) in [6.07, 6.45) is 1.78. The summed E-state index contributed by atoms with van der Waals surface area (Å²) in [5, 5.41) is 3.28. The monoisotopic (exact) mass is 264 g/mol. The molecule has 0 aliphatic carbocycles. The Morgan fingerprint density at radius 2 is 2.06 bits per heavy atom. The van der Waals surface area contributed by atoms with E-state index >= 15 is 0 Å². The van der Waals surface area contributed by atoms with Crippen LogP contribution >= 0.6 is 11.6 Å². The predicted octanol–water partition coefficient (Wildman–Crippen LogP) is 3.49. The van der Waals surface area contributed by atoms with Crippen LogP contribution in [0.3, 0.4) is 0 Å². The number of rotatable bonds is 3. The molecule has 0 fully saturated rings. The summed E-state index contributed by atoms with van der Waals surface area (Å²) in [6, 6.07) is 8.54. The zero-order chi connectivity index (χ0) is 13.1. The number of hydrogen-bond donors (Lipinski definition) is 1. The molecule has 0 spiro atoms. The summed E-state index contributed by atoms with van der Waals surface area (Å²) >= 11 is 6.01. The first-order chi connectivity index (χ1) is 8.63. The second-order valence-electron chi connectivity index (χ2n) is 4.10. The lowest BCUT2D eigenvalue weighted by Gasteiger charge is -2.18. The highest BCUT2D eigenvalue weighted by Crippen LogP contribution is 2.29. The predicted molar refractivity (Wildman–Crippen MR) is 71.3 cm³/mol. The highest BCUT2D eigenvalue weighted by Gasteiger charge is 2.17. The summed E-state index contributed by atoms with van der Waals surface area (Å²) < 4.78 is 13.5. The molecule has 1 N–H and O–H groups in total. The lowest BCUT2D eigenvalue weighted by Crippen LogP contribution is -2.18. The van der Waals surface area contributed by atoms with Gasteiger partial charge in [0.1, 0.15) is 5.82 Å². The van der Waals surface area contributed by atoms with Crippen molar-refractivity contribution >= 4 is 11.6 Å². The molecule has 4 heteroatoms. The number of nitrogens with zero attached hydrogens (tertiary/aromatic N) is 1. The number of benzene rings is 1. The van der Waals surface area contributed by atoms with E-state index in [0.29, 0.717) is 5.56 Å². The van der Waals surface area contributed by atoms with Crippen molar-refractivity contribution in [3.05, 3.63) is 64.2 Å². The van der Waals surface area contributed by atoms with Gasteiger partial charge in [0.15, 0.2) is 0 Å². The van der Waals surface area contributed by atoms with E-state index in [9.17, 15) is 4.39 Å². The minimum absolute atomic E-state index is 0.150. The molecule has 2 nitrogen and oxygen atoms in total. The molecule has 2 aromatic rings. The summed E-state index contributed by atoms with van der Waals surface area (Å²) in [5.41, 5.74) is 2.61. The van der Waals surface area contributed by atoms with Gasteiger partial charge < -0.3 is 5.32 Å². The lowest BCUT2D eigenvalue weighted by molar-refractivity contribution is 0.617. The molecule has 0 saturated carbocycles. The fourth-order valence-corrected chi connectivity index (χ4v) is 2.13. The normalized spacial score (nSPS) is 12.4. The van der Waals surface area contributed by atoms with Crippen molar-refractivity contribution in [1.29, 1.82) is 0 Å². The Kier molecular flexibility index (Phi) is 3.94. The molecule has 18 heavy (non-hydrogen) atoms. The van der Waals surface area contributed by atoms with Crippen molar-refractivity contribution in [2.75, 3.05) is 7.05 Å². The van der Waals surface area contributed by atoms with Crippen LogP contribution in [0.25, 0.3) is 0 Å². The summed E-state index contributed by atoms with van der Waals surface area (Å²) in [7, 11) is 1.81.